The van der Waals surface area contributed by atoms with E-state index < -0.39 is 5.60 Å². The van der Waals surface area contributed by atoms with Gasteiger partial charge in [-0.1, -0.05) is 0 Å². The molecule has 1 fully saturated rings. The predicted molar refractivity (Wildman–Crippen MR) is 84.5 cm³/mol. The van der Waals surface area contributed by atoms with Crippen LogP contribution < -0.4 is 5.32 Å². The minimum atomic E-state index is -0.404. The first-order valence-electron chi connectivity index (χ1n) is 8.02. The molecule has 0 saturated carbocycles. The van der Waals surface area contributed by atoms with Crippen molar-refractivity contribution in [2.24, 2.45) is 5.92 Å². The van der Waals surface area contributed by atoms with Gasteiger partial charge in [-0.3, -0.25) is 0 Å². The number of methoxy groups -OCH3 is 1. The summed E-state index contributed by atoms with van der Waals surface area (Å²) in [5, 5.41) is 3.53. The van der Waals surface area contributed by atoms with Crippen LogP contribution in [0, 0.1) is 5.92 Å². The molecule has 0 bridgehead atoms. The summed E-state index contributed by atoms with van der Waals surface area (Å²) in [5.74, 6) is 0.596. The fraction of sp³-hybridized carbons (Fsp3) is 0.938. The van der Waals surface area contributed by atoms with E-state index in [0.717, 1.165) is 45.5 Å². The molecule has 1 aliphatic heterocycles. The first-order valence-corrected chi connectivity index (χ1v) is 8.02. The molecular weight excluding hydrogens is 268 g/mol. The Morgan fingerprint density at radius 2 is 2.00 bits per heavy atom. The SMILES string of the molecule is COCCCCNC(C)CC1CN(C(=O)OC(C)(C)C)C1. The molecule has 0 aliphatic carbocycles. The number of nitrogens with one attached hydrogen (secondary N) is 1. The predicted octanol–water partition coefficient (Wildman–Crippen LogP) is 2.65. The van der Waals surface area contributed by atoms with E-state index in [-0.39, 0.29) is 6.09 Å². The van der Waals surface area contributed by atoms with Crippen molar-refractivity contribution < 1.29 is 14.3 Å². The number of ether oxygens (including phenoxy) is 2. The van der Waals surface area contributed by atoms with Crippen LogP contribution >= 0.6 is 0 Å². The van der Waals surface area contributed by atoms with Gasteiger partial charge in [0.25, 0.3) is 0 Å². The number of nitrogens with zero attached hydrogens (tertiary/aromatic N) is 1. The summed E-state index contributed by atoms with van der Waals surface area (Å²) in [5.41, 5.74) is -0.404. The van der Waals surface area contributed by atoms with Crippen LogP contribution in [0.4, 0.5) is 4.79 Å². The highest BCUT2D eigenvalue weighted by Gasteiger charge is 2.34. The minimum absolute atomic E-state index is 0.182. The smallest absolute Gasteiger partial charge is 0.410 e. The summed E-state index contributed by atoms with van der Waals surface area (Å²) in [6, 6.07) is 0.498. The molecule has 0 spiro atoms. The van der Waals surface area contributed by atoms with Crippen LogP contribution in [0.2, 0.25) is 0 Å². The van der Waals surface area contributed by atoms with Gasteiger partial charge in [0.15, 0.2) is 0 Å². The maximum atomic E-state index is 11.8. The summed E-state index contributed by atoms with van der Waals surface area (Å²) in [7, 11) is 1.74. The number of carbonyl (C=O) groups excluding carboxylic acids is 1. The molecule has 1 N–H and O–H groups in total. The van der Waals surface area contributed by atoms with E-state index in [1.54, 1.807) is 12.0 Å². The van der Waals surface area contributed by atoms with E-state index >= 15 is 0 Å². The molecule has 1 aliphatic rings. The highest BCUT2D eigenvalue weighted by molar-refractivity contribution is 5.69. The average Bonchev–Trinajstić information content (AvgIpc) is 2.30. The number of carbonyl (C=O) groups is 1. The number of amides is 1. The molecule has 5 heteroatoms. The van der Waals surface area contributed by atoms with Crippen molar-refractivity contribution >= 4 is 6.09 Å². The second kappa shape index (κ2) is 8.59. The summed E-state index contributed by atoms with van der Waals surface area (Å²) in [6.07, 6.45) is 3.18. The summed E-state index contributed by atoms with van der Waals surface area (Å²) >= 11 is 0. The van der Waals surface area contributed by atoms with E-state index in [1.165, 1.54) is 0 Å². The molecule has 1 unspecified atom stereocenters. The molecule has 21 heavy (non-hydrogen) atoms. The Labute approximate surface area is 129 Å². The van der Waals surface area contributed by atoms with Crippen molar-refractivity contribution in [1.82, 2.24) is 10.2 Å². The Kier molecular flexibility index (Phi) is 7.46. The zero-order valence-electron chi connectivity index (χ0n) is 14.3. The van der Waals surface area contributed by atoms with Crippen LogP contribution in [0.3, 0.4) is 0 Å². The summed E-state index contributed by atoms with van der Waals surface area (Å²) < 4.78 is 10.4. The molecule has 0 aromatic carbocycles. The Morgan fingerprint density at radius 1 is 1.33 bits per heavy atom. The van der Waals surface area contributed by atoms with Gasteiger partial charge < -0.3 is 19.7 Å². The third kappa shape index (κ3) is 7.67. The van der Waals surface area contributed by atoms with Gasteiger partial charge in [0.05, 0.1) is 0 Å². The first-order chi connectivity index (χ1) is 9.81. The van der Waals surface area contributed by atoms with Crippen molar-refractivity contribution in [3.63, 3.8) is 0 Å². The van der Waals surface area contributed by atoms with Crippen molar-refractivity contribution in [1.29, 1.82) is 0 Å². The zero-order chi connectivity index (χ0) is 15.9. The normalized spacial score (nSPS) is 17.5. The monoisotopic (exact) mass is 300 g/mol. The Hall–Kier alpha value is -0.810. The van der Waals surface area contributed by atoms with Crippen molar-refractivity contribution in [2.45, 2.75) is 58.6 Å². The summed E-state index contributed by atoms with van der Waals surface area (Å²) in [6.45, 7) is 11.4. The van der Waals surface area contributed by atoms with Gasteiger partial charge in [0, 0.05) is 32.8 Å². The second-order valence-electron chi connectivity index (χ2n) is 7.04. The number of hydrogen-bond donors (Lipinski definition) is 1. The highest BCUT2D eigenvalue weighted by atomic mass is 16.6. The van der Waals surface area contributed by atoms with Gasteiger partial charge in [-0.15, -0.1) is 0 Å². The van der Waals surface area contributed by atoms with Crippen molar-refractivity contribution in [3.8, 4) is 0 Å². The molecule has 1 amide bonds. The average molecular weight is 300 g/mol. The van der Waals surface area contributed by atoms with Crippen LogP contribution in [0.15, 0.2) is 0 Å². The molecule has 0 aromatic rings. The molecule has 1 rings (SSSR count). The van der Waals surface area contributed by atoms with Gasteiger partial charge in [-0.05, 0) is 59.4 Å². The van der Waals surface area contributed by atoms with Crippen LogP contribution in [-0.2, 0) is 9.47 Å². The molecule has 0 aromatic heterocycles. The molecule has 124 valence electrons. The van der Waals surface area contributed by atoms with Gasteiger partial charge in [0.1, 0.15) is 5.60 Å². The topological polar surface area (TPSA) is 50.8 Å². The zero-order valence-corrected chi connectivity index (χ0v) is 14.3. The minimum Gasteiger partial charge on any atom is -0.444 e. The van der Waals surface area contributed by atoms with Crippen molar-refractivity contribution in [3.05, 3.63) is 0 Å². The number of hydrogen-bond acceptors (Lipinski definition) is 4. The molecular formula is C16H32N2O3. The van der Waals surface area contributed by atoms with Gasteiger partial charge >= 0.3 is 6.09 Å². The highest BCUT2D eigenvalue weighted by Crippen LogP contribution is 2.23. The lowest BCUT2D eigenvalue weighted by Gasteiger charge is -2.40. The molecule has 0 radical (unpaired) electrons. The lowest BCUT2D eigenvalue weighted by atomic mass is 9.93. The second-order valence-corrected chi connectivity index (χ2v) is 7.04. The Balaban J connectivity index is 2.07. The standard InChI is InChI=1S/C16H32N2O3/c1-13(17-8-6-7-9-20-5)10-14-11-18(12-14)15(19)21-16(2,3)4/h13-14,17H,6-12H2,1-5H3. The van der Waals surface area contributed by atoms with E-state index in [9.17, 15) is 4.79 Å². The van der Waals surface area contributed by atoms with E-state index in [2.05, 4.69) is 12.2 Å². The molecule has 1 atom stereocenters. The third-order valence-corrected chi connectivity index (χ3v) is 3.56. The molecule has 1 heterocycles. The quantitative estimate of drug-likeness (QED) is 0.700. The first kappa shape index (κ1) is 18.2. The van der Waals surface area contributed by atoms with E-state index in [0.29, 0.717) is 12.0 Å². The maximum Gasteiger partial charge on any atom is 0.410 e. The Bertz CT molecular complexity index is 309. The van der Waals surface area contributed by atoms with E-state index in [4.69, 9.17) is 9.47 Å². The van der Waals surface area contributed by atoms with Gasteiger partial charge in [-0.25, -0.2) is 4.79 Å². The largest absolute Gasteiger partial charge is 0.444 e. The molecule has 1 saturated heterocycles. The number of rotatable bonds is 8. The van der Waals surface area contributed by atoms with E-state index in [1.807, 2.05) is 20.8 Å². The fourth-order valence-electron chi connectivity index (χ4n) is 2.50. The fourth-order valence-corrected chi connectivity index (χ4v) is 2.50. The third-order valence-electron chi connectivity index (χ3n) is 3.56. The number of unbranched alkanes of at least 4 members (excludes halogenated alkanes) is 1. The lowest BCUT2D eigenvalue weighted by Crippen LogP contribution is -2.53. The maximum absolute atomic E-state index is 11.8. The van der Waals surface area contributed by atoms with Crippen LogP contribution in [-0.4, -0.2) is 56.0 Å². The van der Waals surface area contributed by atoms with Crippen LogP contribution in [0.5, 0.6) is 0 Å². The summed E-state index contributed by atoms with van der Waals surface area (Å²) in [4.78, 5) is 13.6. The van der Waals surface area contributed by atoms with Gasteiger partial charge in [-0.2, -0.15) is 0 Å². The van der Waals surface area contributed by atoms with Crippen LogP contribution in [0.25, 0.3) is 0 Å². The molecule has 5 nitrogen and oxygen atoms in total. The van der Waals surface area contributed by atoms with Gasteiger partial charge in [0.2, 0.25) is 0 Å². The number of likely N-dealkylation sites (tertiary alicyclic amines) is 1. The Morgan fingerprint density at radius 3 is 2.57 bits per heavy atom. The van der Waals surface area contributed by atoms with Crippen LogP contribution in [0.1, 0.15) is 47.0 Å². The van der Waals surface area contributed by atoms with Crippen molar-refractivity contribution in [2.75, 3.05) is 33.4 Å². The lowest BCUT2D eigenvalue weighted by molar-refractivity contribution is -0.00329.